The maximum absolute atomic E-state index is 11.6. The van der Waals surface area contributed by atoms with Crippen LogP contribution in [0.3, 0.4) is 0 Å². The first-order valence-electron chi connectivity index (χ1n) is 6.28. The lowest BCUT2D eigenvalue weighted by molar-refractivity contribution is -0.113. The number of carbonyl (C=O) groups is 2. The first-order valence-corrected chi connectivity index (χ1v) is 6.91. The number of rotatable bonds is 8. The van der Waals surface area contributed by atoms with Crippen LogP contribution in [-0.2, 0) is 4.79 Å². The van der Waals surface area contributed by atoms with Crippen molar-refractivity contribution >= 4 is 30.1 Å². The Hall–Kier alpha value is -1.49. The fourth-order valence-electron chi connectivity index (χ4n) is 1.58. The second-order valence-electron chi connectivity index (χ2n) is 4.21. The zero-order valence-electron chi connectivity index (χ0n) is 10.8. The smallest absolute Gasteiger partial charge is 0.248 e. The van der Waals surface area contributed by atoms with Crippen LogP contribution in [0.1, 0.15) is 36.0 Å². The van der Waals surface area contributed by atoms with Crippen LogP contribution in [0.25, 0.3) is 0 Å². The fourth-order valence-corrected chi connectivity index (χ4v) is 1.80. The molecule has 2 amide bonds. The van der Waals surface area contributed by atoms with Gasteiger partial charge in [0.2, 0.25) is 11.8 Å². The van der Waals surface area contributed by atoms with E-state index < -0.39 is 5.91 Å². The molecule has 5 heteroatoms. The highest BCUT2D eigenvalue weighted by Crippen LogP contribution is 2.10. The largest absolute Gasteiger partial charge is 0.366 e. The number of nitrogens with two attached hydrogens (primary N) is 1. The minimum atomic E-state index is -0.478. The van der Waals surface area contributed by atoms with Crippen molar-refractivity contribution < 1.29 is 9.59 Å². The molecule has 0 fully saturated rings. The minimum Gasteiger partial charge on any atom is -0.366 e. The van der Waals surface area contributed by atoms with Crippen LogP contribution in [0.4, 0.5) is 5.69 Å². The molecule has 4 nitrogen and oxygen atoms in total. The zero-order valence-corrected chi connectivity index (χ0v) is 11.7. The molecule has 1 aromatic carbocycles. The second kappa shape index (κ2) is 8.58. The molecular weight excluding hydrogens is 260 g/mol. The van der Waals surface area contributed by atoms with Crippen LogP contribution >= 0.6 is 12.6 Å². The maximum atomic E-state index is 11.6. The van der Waals surface area contributed by atoms with Crippen molar-refractivity contribution in [1.82, 2.24) is 0 Å². The van der Waals surface area contributed by atoms with E-state index >= 15 is 0 Å². The van der Waals surface area contributed by atoms with E-state index in [1.54, 1.807) is 30.7 Å². The van der Waals surface area contributed by atoms with Gasteiger partial charge in [0.15, 0.2) is 0 Å². The molecule has 0 heterocycles. The molecule has 0 spiro atoms. The molecule has 1 rings (SSSR count). The Morgan fingerprint density at radius 1 is 1.16 bits per heavy atom. The van der Waals surface area contributed by atoms with Crippen molar-refractivity contribution in [1.29, 1.82) is 0 Å². The lowest BCUT2D eigenvalue weighted by Gasteiger charge is -2.05. The van der Waals surface area contributed by atoms with Crippen molar-refractivity contribution in [3.63, 3.8) is 0 Å². The lowest BCUT2D eigenvalue weighted by Crippen LogP contribution is -2.13. The molecule has 0 aliphatic heterocycles. The predicted molar refractivity (Wildman–Crippen MR) is 80.2 cm³/mol. The summed E-state index contributed by atoms with van der Waals surface area (Å²) in [5.74, 6) is 0.282. The molecule has 1 aromatic rings. The first-order chi connectivity index (χ1) is 9.13. The van der Waals surface area contributed by atoms with Crippen LogP contribution in [0.5, 0.6) is 0 Å². The number of primary amides is 1. The molecular formula is C14H19N2O2S. The molecule has 1 radical (unpaired) electrons. The Bertz CT molecular complexity index is 418. The number of thiol groups is 1. The predicted octanol–water partition coefficient (Wildman–Crippen LogP) is 2.42. The Morgan fingerprint density at radius 3 is 2.42 bits per heavy atom. The van der Waals surface area contributed by atoms with Gasteiger partial charge in [-0.1, -0.05) is 12.8 Å². The Kier molecular flexibility index (Phi) is 7.03. The Morgan fingerprint density at radius 2 is 1.84 bits per heavy atom. The quantitative estimate of drug-likeness (QED) is 0.505. The fraction of sp³-hybridized carbons (Fsp3) is 0.357. The van der Waals surface area contributed by atoms with Gasteiger partial charge in [-0.3, -0.25) is 9.59 Å². The van der Waals surface area contributed by atoms with Crippen molar-refractivity contribution in [2.45, 2.75) is 25.7 Å². The van der Waals surface area contributed by atoms with Gasteiger partial charge in [0.1, 0.15) is 0 Å². The summed E-state index contributed by atoms with van der Waals surface area (Å²) in [5.41, 5.74) is 6.21. The number of hydrogen-bond acceptors (Lipinski definition) is 3. The zero-order chi connectivity index (χ0) is 14.1. The van der Waals surface area contributed by atoms with Crippen molar-refractivity contribution in [3.8, 4) is 0 Å². The average Bonchev–Trinajstić information content (AvgIpc) is 2.39. The number of carbonyl (C=O) groups excluding carboxylic acids is 2. The van der Waals surface area contributed by atoms with Gasteiger partial charge in [-0.15, -0.1) is 0 Å². The van der Waals surface area contributed by atoms with Gasteiger partial charge >= 0.3 is 0 Å². The van der Waals surface area contributed by atoms with Gasteiger partial charge < -0.3 is 11.1 Å². The van der Waals surface area contributed by atoms with E-state index in [1.807, 2.05) is 0 Å². The summed E-state index contributed by atoms with van der Waals surface area (Å²) in [6, 6.07) is 6.49. The highest BCUT2D eigenvalue weighted by Gasteiger charge is 2.04. The molecule has 19 heavy (non-hydrogen) atoms. The highest BCUT2D eigenvalue weighted by atomic mass is 32.1. The maximum Gasteiger partial charge on any atom is 0.248 e. The third-order valence-corrected chi connectivity index (χ3v) is 2.95. The normalized spacial score (nSPS) is 10.2. The summed E-state index contributed by atoms with van der Waals surface area (Å²) in [5, 5.41) is 2.74. The third kappa shape index (κ3) is 6.29. The highest BCUT2D eigenvalue weighted by molar-refractivity contribution is 7.80. The number of anilines is 1. The van der Waals surface area contributed by atoms with Gasteiger partial charge in [-0.2, -0.15) is 12.6 Å². The molecule has 0 saturated heterocycles. The standard InChI is InChI=1S/C14H19N2O2S/c15-14(18)11-6-8-12(9-7-11)16-13(17)5-3-1-2-4-10-19/h5-9,19H,1-4,10H2,(H2,15,18)(H,16,17). The summed E-state index contributed by atoms with van der Waals surface area (Å²) in [6.07, 6.45) is 5.56. The average molecular weight is 279 g/mol. The third-order valence-electron chi connectivity index (χ3n) is 2.63. The molecule has 3 N–H and O–H groups in total. The van der Waals surface area contributed by atoms with E-state index in [4.69, 9.17) is 5.73 Å². The molecule has 0 aliphatic carbocycles. The number of hydrogen-bond donors (Lipinski definition) is 3. The van der Waals surface area contributed by atoms with E-state index in [0.29, 0.717) is 11.3 Å². The van der Waals surface area contributed by atoms with Gasteiger partial charge in [-0.05, 0) is 42.9 Å². The number of amides is 2. The van der Waals surface area contributed by atoms with Gasteiger partial charge in [0.25, 0.3) is 0 Å². The molecule has 103 valence electrons. The Labute approximate surface area is 119 Å². The van der Waals surface area contributed by atoms with Crippen LogP contribution in [0.15, 0.2) is 24.3 Å². The van der Waals surface area contributed by atoms with E-state index in [9.17, 15) is 9.59 Å². The van der Waals surface area contributed by atoms with Gasteiger partial charge in [0.05, 0.1) is 0 Å². The summed E-state index contributed by atoms with van der Waals surface area (Å²) < 4.78 is 0. The van der Waals surface area contributed by atoms with E-state index in [-0.39, 0.29) is 5.91 Å². The number of unbranched alkanes of at least 4 members (excludes halogenated alkanes) is 3. The molecule has 0 atom stereocenters. The van der Waals surface area contributed by atoms with Gasteiger partial charge in [0, 0.05) is 17.7 Å². The van der Waals surface area contributed by atoms with E-state index in [0.717, 1.165) is 31.4 Å². The molecule has 0 unspecified atom stereocenters. The van der Waals surface area contributed by atoms with Crippen LogP contribution in [0.2, 0.25) is 0 Å². The summed E-state index contributed by atoms with van der Waals surface area (Å²) in [6.45, 7) is 0. The Balaban J connectivity index is 2.30. The van der Waals surface area contributed by atoms with E-state index in [2.05, 4.69) is 17.9 Å². The molecule has 0 aliphatic rings. The van der Waals surface area contributed by atoms with Crippen molar-refractivity contribution in [2.75, 3.05) is 11.1 Å². The summed E-state index contributed by atoms with van der Waals surface area (Å²) >= 11 is 4.13. The number of benzene rings is 1. The first kappa shape index (κ1) is 15.6. The lowest BCUT2D eigenvalue weighted by atomic mass is 10.1. The monoisotopic (exact) mass is 279 g/mol. The SMILES string of the molecule is NC(=O)c1ccc(NC(=O)[CH]CCCCCS)cc1. The minimum absolute atomic E-state index is 0.127. The summed E-state index contributed by atoms with van der Waals surface area (Å²) in [7, 11) is 0. The van der Waals surface area contributed by atoms with Crippen LogP contribution in [-0.4, -0.2) is 17.6 Å². The van der Waals surface area contributed by atoms with Crippen LogP contribution in [0, 0.1) is 6.42 Å². The number of nitrogens with one attached hydrogen (secondary N) is 1. The van der Waals surface area contributed by atoms with Crippen molar-refractivity contribution in [2.24, 2.45) is 5.73 Å². The second-order valence-corrected chi connectivity index (χ2v) is 4.66. The molecule has 0 aromatic heterocycles. The van der Waals surface area contributed by atoms with Gasteiger partial charge in [-0.25, -0.2) is 0 Å². The summed E-state index contributed by atoms with van der Waals surface area (Å²) in [4.78, 5) is 22.5. The van der Waals surface area contributed by atoms with Crippen molar-refractivity contribution in [3.05, 3.63) is 36.2 Å². The van der Waals surface area contributed by atoms with Crippen LogP contribution < -0.4 is 11.1 Å². The molecule has 0 bridgehead atoms. The van der Waals surface area contributed by atoms with E-state index in [1.165, 1.54) is 0 Å². The molecule has 0 saturated carbocycles. The topological polar surface area (TPSA) is 72.2 Å².